The minimum atomic E-state index is -1.36. The van der Waals surface area contributed by atoms with E-state index in [1.54, 1.807) is 20.8 Å². The predicted octanol–water partition coefficient (Wildman–Crippen LogP) is 0.842. The summed E-state index contributed by atoms with van der Waals surface area (Å²) in [5.41, 5.74) is 0.215. The van der Waals surface area contributed by atoms with Gasteiger partial charge in [0.05, 0.1) is 37.4 Å². The van der Waals surface area contributed by atoms with Crippen LogP contribution in [-0.4, -0.2) is 211 Å². The molecule has 1 fully saturated rings. The number of hydrogen-bond acceptors (Lipinski definition) is 18. The number of piperidine rings is 1. The van der Waals surface area contributed by atoms with Gasteiger partial charge in [-0.15, -0.1) is 0 Å². The quantitative estimate of drug-likeness (QED) is 0.0221. The van der Waals surface area contributed by atoms with Gasteiger partial charge in [-0.2, -0.15) is 0 Å². The SMILES string of the molecule is CC[C@H](C)[C@H](NC(=O)CCNC(=O)CCNC(=O)CN(CC(=O)OC(C)(C)C)C(=O)CN1CCC(CNCCN(CCNCC(=O)OC(C)(C)C)CC(=O)OC(C)(C)C)CC1)C(O)N[C@H]1CCc2cccc3c2N(C1=O)[C@H](C(=O)O)C3. The summed E-state index contributed by atoms with van der Waals surface area (Å²) >= 11 is 0. The molecule has 3 aliphatic rings. The highest BCUT2D eigenvalue weighted by atomic mass is 16.6. The first kappa shape index (κ1) is 67.7. The lowest BCUT2D eigenvalue weighted by Gasteiger charge is -2.33. The standard InChI is InChI=1S/C57H94N10O14/c1-12-37(2)50(52(75)62-41-17-16-39-14-13-15-40-30-42(54(77)78)67(51(39)40)53(41)76)63-44(69)19-23-60-43(68)18-22-61-45(70)33-66(36-49(74)81-57(9,10)11)46(71)34-64-26-20-38(21-27-64)31-58-24-28-65(35-48(73)80-56(6,7)8)29-25-59-32-47(72)79-55(3,4)5/h13-15,37-38,41-42,50,52,58-59,62,75H,12,16-36H2,1-11H3,(H,60,68)(H,61,70)(H,63,69)(H,77,78)/t37-,41-,42-,50-,52?/m0/s1. The monoisotopic (exact) mass is 1140 g/mol. The number of nitrogens with zero attached hydrogens (tertiary/aromatic N) is 4. The highest BCUT2D eigenvalue weighted by Gasteiger charge is 2.45. The molecule has 3 aliphatic heterocycles. The van der Waals surface area contributed by atoms with Crippen LogP contribution in [-0.2, 0) is 70.2 Å². The van der Waals surface area contributed by atoms with Crippen molar-refractivity contribution in [1.82, 2.24) is 46.6 Å². The van der Waals surface area contributed by atoms with Crippen LogP contribution in [0.3, 0.4) is 0 Å². The van der Waals surface area contributed by atoms with Crippen molar-refractivity contribution in [2.24, 2.45) is 11.8 Å². The van der Waals surface area contributed by atoms with Crippen molar-refractivity contribution in [3.63, 3.8) is 0 Å². The lowest BCUT2D eigenvalue weighted by Crippen LogP contribution is -2.59. The first-order chi connectivity index (χ1) is 37.9. The van der Waals surface area contributed by atoms with Crippen LogP contribution in [0.2, 0.25) is 0 Å². The van der Waals surface area contributed by atoms with Crippen molar-refractivity contribution in [3.8, 4) is 0 Å². The highest BCUT2D eigenvalue weighted by Crippen LogP contribution is 2.39. The van der Waals surface area contributed by atoms with E-state index in [1.165, 1.54) is 4.90 Å². The Balaban J connectivity index is 1.19. The number of amides is 5. The van der Waals surface area contributed by atoms with E-state index in [-0.39, 0.29) is 69.8 Å². The summed E-state index contributed by atoms with van der Waals surface area (Å²) in [7, 11) is 0. The zero-order chi connectivity index (χ0) is 60.2. The molecule has 456 valence electrons. The number of aliphatic hydroxyl groups excluding tert-OH is 1. The highest BCUT2D eigenvalue weighted by molar-refractivity contribution is 6.05. The van der Waals surface area contributed by atoms with E-state index in [1.807, 2.05) is 83.4 Å². The van der Waals surface area contributed by atoms with E-state index in [0.29, 0.717) is 70.1 Å². The molecule has 81 heavy (non-hydrogen) atoms. The minimum absolute atomic E-state index is 0.0226. The summed E-state index contributed by atoms with van der Waals surface area (Å²) < 4.78 is 16.4. The second kappa shape index (κ2) is 31.6. The number of ether oxygens (including phenoxy) is 3. The number of hydrogen-bond donors (Lipinski definition) is 8. The summed E-state index contributed by atoms with van der Waals surface area (Å²) in [6.45, 7) is 22.9. The molecule has 0 aromatic heterocycles. The number of aliphatic hydroxyl groups is 1. The number of nitrogens with one attached hydrogen (secondary N) is 6. The third kappa shape index (κ3) is 24.3. The van der Waals surface area contributed by atoms with Crippen molar-refractivity contribution in [2.45, 2.75) is 169 Å². The van der Waals surface area contributed by atoms with Gasteiger partial charge in [0.25, 0.3) is 0 Å². The van der Waals surface area contributed by atoms with E-state index in [0.717, 1.165) is 35.4 Å². The molecule has 1 aromatic carbocycles. The van der Waals surface area contributed by atoms with E-state index < -0.39 is 95.7 Å². The van der Waals surface area contributed by atoms with E-state index >= 15 is 0 Å². The predicted molar refractivity (Wildman–Crippen MR) is 302 cm³/mol. The first-order valence-corrected chi connectivity index (χ1v) is 28.6. The Labute approximate surface area is 478 Å². The maximum Gasteiger partial charge on any atom is 0.327 e. The Morgan fingerprint density at radius 2 is 1.30 bits per heavy atom. The van der Waals surface area contributed by atoms with Crippen molar-refractivity contribution in [1.29, 1.82) is 0 Å². The van der Waals surface area contributed by atoms with Crippen molar-refractivity contribution in [3.05, 3.63) is 29.3 Å². The number of aryl methyl sites for hydroxylation is 1. The second-order valence-electron chi connectivity index (χ2n) is 24.5. The Kier molecular flexibility index (Phi) is 26.4. The Morgan fingerprint density at radius 3 is 1.90 bits per heavy atom. The lowest BCUT2D eigenvalue weighted by atomic mass is 9.96. The van der Waals surface area contributed by atoms with Crippen LogP contribution in [0, 0.1) is 11.8 Å². The molecule has 4 rings (SSSR count). The topological polar surface area (TPSA) is 307 Å². The maximum absolute atomic E-state index is 13.9. The van der Waals surface area contributed by atoms with Gasteiger partial charge in [-0.1, -0.05) is 38.5 Å². The third-order valence-electron chi connectivity index (χ3n) is 13.9. The number of aliphatic carboxylic acids is 1. The van der Waals surface area contributed by atoms with Gasteiger partial charge in [0, 0.05) is 58.5 Å². The summed E-state index contributed by atoms with van der Waals surface area (Å²) in [4.78, 5) is 123. The molecule has 24 heteroatoms. The summed E-state index contributed by atoms with van der Waals surface area (Å²) in [6, 6.07) is 2.73. The third-order valence-corrected chi connectivity index (χ3v) is 13.9. The molecule has 0 spiro atoms. The van der Waals surface area contributed by atoms with Gasteiger partial charge < -0.3 is 55.9 Å². The maximum atomic E-state index is 13.9. The number of carbonyl (C=O) groups is 9. The van der Waals surface area contributed by atoms with Crippen LogP contribution in [0.5, 0.6) is 0 Å². The number of para-hydroxylation sites is 1. The average molecular weight is 1140 g/mol. The van der Waals surface area contributed by atoms with E-state index in [4.69, 9.17) is 14.2 Å². The van der Waals surface area contributed by atoms with Crippen LogP contribution >= 0.6 is 0 Å². The fourth-order valence-corrected chi connectivity index (χ4v) is 9.86. The van der Waals surface area contributed by atoms with Crippen LogP contribution in [0.1, 0.15) is 126 Å². The van der Waals surface area contributed by atoms with Crippen LogP contribution in [0.4, 0.5) is 5.69 Å². The Bertz CT molecular complexity index is 2310. The molecule has 24 nitrogen and oxygen atoms in total. The molecule has 8 N–H and O–H groups in total. The summed E-state index contributed by atoms with van der Waals surface area (Å²) in [6.07, 6.45) is 1.50. The normalized spacial score (nSPS) is 18.0. The van der Waals surface area contributed by atoms with E-state index in [2.05, 4.69) is 31.9 Å². The van der Waals surface area contributed by atoms with Crippen molar-refractivity contribution >= 4 is 59.1 Å². The number of carboxylic acid groups (broad SMARTS) is 1. The Hall–Kier alpha value is -5.79. The first-order valence-electron chi connectivity index (χ1n) is 28.6. The molecule has 0 aliphatic carbocycles. The number of likely N-dealkylation sites (tertiary alicyclic amines) is 1. The number of esters is 3. The summed E-state index contributed by atoms with van der Waals surface area (Å²) in [5, 5.41) is 39.1. The molecule has 5 atom stereocenters. The number of benzene rings is 1. The molecule has 3 heterocycles. The van der Waals surface area contributed by atoms with Crippen molar-refractivity contribution in [2.75, 3.05) is 96.5 Å². The largest absolute Gasteiger partial charge is 0.480 e. The second-order valence-corrected chi connectivity index (χ2v) is 24.5. The fraction of sp³-hybridized carbons (Fsp3) is 0.737. The molecule has 1 saturated heterocycles. The molecular weight excluding hydrogens is 1050 g/mol. The van der Waals surface area contributed by atoms with Crippen molar-refractivity contribution < 1.29 is 67.6 Å². The van der Waals surface area contributed by atoms with Gasteiger partial charge in [-0.25, -0.2) is 4.79 Å². The fourth-order valence-electron chi connectivity index (χ4n) is 9.86. The molecule has 1 aromatic rings. The molecule has 0 radical (unpaired) electrons. The molecule has 1 unspecified atom stereocenters. The molecular formula is C57H94N10O14. The minimum Gasteiger partial charge on any atom is -0.480 e. The van der Waals surface area contributed by atoms with Crippen LogP contribution < -0.4 is 36.8 Å². The van der Waals surface area contributed by atoms with E-state index in [9.17, 15) is 53.4 Å². The smallest absolute Gasteiger partial charge is 0.327 e. The van der Waals surface area contributed by atoms with Gasteiger partial charge >= 0.3 is 23.9 Å². The number of anilines is 1. The zero-order valence-electron chi connectivity index (χ0n) is 49.8. The molecule has 0 bridgehead atoms. The molecule has 5 amide bonds. The molecule has 0 saturated carbocycles. The number of rotatable bonds is 31. The van der Waals surface area contributed by atoms with Gasteiger partial charge in [0.1, 0.15) is 42.2 Å². The number of carbonyl (C=O) groups excluding carboxylic acids is 8. The summed E-state index contributed by atoms with van der Waals surface area (Å²) in [5.74, 6) is -4.81. The van der Waals surface area contributed by atoms with Gasteiger partial charge in [-0.05, 0) is 131 Å². The van der Waals surface area contributed by atoms with Crippen LogP contribution in [0.15, 0.2) is 18.2 Å². The Morgan fingerprint density at radius 1 is 0.728 bits per heavy atom. The lowest BCUT2D eigenvalue weighted by molar-refractivity contribution is -0.159. The average Bonchev–Trinajstić information content (AvgIpc) is 3.98. The van der Waals surface area contributed by atoms with Gasteiger partial charge in [0.2, 0.25) is 29.5 Å². The van der Waals surface area contributed by atoms with Crippen LogP contribution in [0.25, 0.3) is 0 Å². The zero-order valence-corrected chi connectivity index (χ0v) is 49.8. The van der Waals surface area contributed by atoms with Gasteiger partial charge in [0.15, 0.2) is 0 Å². The van der Waals surface area contributed by atoms with Gasteiger partial charge in [-0.3, -0.25) is 58.4 Å². The number of carboxylic acids is 1.